The number of nitrogens with zero attached hydrogens (tertiary/aromatic N) is 2. The van der Waals surface area contributed by atoms with E-state index < -0.39 is 0 Å². The number of nitrogens with one attached hydrogen (secondary N) is 1. The molecule has 1 aliphatic rings. The van der Waals surface area contributed by atoms with Gasteiger partial charge < -0.3 is 15.0 Å². The average Bonchev–Trinajstić information content (AvgIpc) is 2.29. The molecule has 1 heterocycles. The molecule has 0 aromatic rings. The van der Waals surface area contributed by atoms with Gasteiger partial charge in [0.2, 0.25) is 11.8 Å². The Hall–Kier alpha value is -1.14. The van der Waals surface area contributed by atoms with Crippen molar-refractivity contribution in [3.8, 4) is 0 Å². The SMILES string of the molecule is COCC(=O)N1CCN(CC(=O)NC(C)C)CC1. The normalized spacial score (nSPS) is 17.0. The van der Waals surface area contributed by atoms with E-state index >= 15 is 0 Å². The van der Waals surface area contributed by atoms with Gasteiger partial charge in [0.1, 0.15) is 6.61 Å². The van der Waals surface area contributed by atoms with Crippen molar-refractivity contribution in [1.82, 2.24) is 15.1 Å². The van der Waals surface area contributed by atoms with E-state index in [9.17, 15) is 9.59 Å². The topological polar surface area (TPSA) is 61.9 Å². The summed E-state index contributed by atoms with van der Waals surface area (Å²) < 4.78 is 4.82. The lowest BCUT2D eigenvalue weighted by atomic mass is 10.3. The first-order valence-electron chi connectivity index (χ1n) is 6.31. The van der Waals surface area contributed by atoms with Crippen molar-refractivity contribution in [2.75, 3.05) is 46.4 Å². The maximum absolute atomic E-state index is 11.6. The van der Waals surface area contributed by atoms with Gasteiger partial charge in [0.25, 0.3) is 0 Å². The second-order valence-corrected chi connectivity index (χ2v) is 4.81. The zero-order chi connectivity index (χ0) is 13.5. The minimum absolute atomic E-state index is 0.0174. The van der Waals surface area contributed by atoms with E-state index in [1.165, 1.54) is 7.11 Å². The van der Waals surface area contributed by atoms with E-state index in [0.29, 0.717) is 19.6 Å². The molecule has 1 fully saturated rings. The molecule has 104 valence electrons. The van der Waals surface area contributed by atoms with Gasteiger partial charge in [-0.1, -0.05) is 0 Å². The summed E-state index contributed by atoms with van der Waals surface area (Å²) in [4.78, 5) is 27.0. The molecular formula is C12H23N3O3. The van der Waals surface area contributed by atoms with Crippen LogP contribution in [-0.4, -0.2) is 74.1 Å². The van der Waals surface area contributed by atoms with Gasteiger partial charge in [-0.2, -0.15) is 0 Å². The molecule has 1 rings (SSSR count). The summed E-state index contributed by atoms with van der Waals surface area (Å²) in [5, 5.41) is 2.86. The van der Waals surface area contributed by atoms with Crippen LogP contribution in [0.3, 0.4) is 0 Å². The number of amides is 2. The Morgan fingerprint density at radius 3 is 2.33 bits per heavy atom. The number of piperazine rings is 1. The fourth-order valence-corrected chi connectivity index (χ4v) is 1.94. The van der Waals surface area contributed by atoms with Crippen LogP contribution in [0, 0.1) is 0 Å². The van der Waals surface area contributed by atoms with Gasteiger partial charge in [-0.15, -0.1) is 0 Å². The summed E-state index contributed by atoms with van der Waals surface area (Å²) in [5.74, 6) is 0.0606. The van der Waals surface area contributed by atoms with Gasteiger partial charge in [-0.25, -0.2) is 0 Å². The Balaban J connectivity index is 2.27. The second kappa shape index (κ2) is 7.33. The Kier molecular flexibility index (Phi) is 6.07. The number of carbonyl (C=O) groups is 2. The molecule has 0 spiro atoms. The monoisotopic (exact) mass is 257 g/mol. The molecule has 0 atom stereocenters. The highest BCUT2D eigenvalue weighted by Crippen LogP contribution is 2.02. The van der Waals surface area contributed by atoms with Crippen molar-refractivity contribution in [2.24, 2.45) is 0 Å². The third kappa shape index (κ3) is 5.01. The van der Waals surface area contributed by atoms with Crippen LogP contribution < -0.4 is 5.32 Å². The fraction of sp³-hybridized carbons (Fsp3) is 0.833. The maximum atomic E-state index is 11.6. The van der Waals surface area contributed by atoms with Crippen LogP contribution in [-0.2, 0) is 14.3 Å². The van der Waals surface area contributed by atoms with E-state index in [2.05, 4.69) is 10.2 Å². The molecule has 6 nitrogen and oxygen atoms in total. The first-order chi connectivity index (χ1) is 8.52. The molecule has 0 aromatic heterocycles. The minimum Gasteiger partial charge on any atom is -0.375 e. The first kappa shape index (κ1) is 14.9. The average molecular weight is 257 g/mol. The van der Waals surface area contributed by atoms with Crippen molar-refractivity contribution in [3.63, 3.8) is 0 Å². The van der Waals surface area contributed by atoms with Crippen LogP contribution in [0.5, 0.6) is 0 Å². The zero-order valence-corrected chi connectivity index (χ0v) is 11.4. The van der Waals surface area contributed by atoms with E-state index in [4.69, 9.17) is 4.74 Å². The highest BCUT2D eigenvalue weighted by molar-refractivity contribution is 5.79. The summed E-state index contributed by atoms with van der Waals surface area (Å²) in [6.45, 7) is 7.23. The molecule has 0 unspecified atom stereocenters. The van der Waals surface area contributed by atoms with Crippen molar-refractivity contribution >= 4 is 11.8 Å². The lowest BCUT2D eigenvalue weighted by Gasteiger charge is -2.34. The number of hydrogen-bond donors (Lipinski definition) is 1. The maximum Gasteiger partial charge on any atom is 0.248 e. The third-order valence-corrected chi connectivity index (χ3v) is 2.81. The van der Waals surface area contributed by atoms with Crippen LogP contribution in [0.25, 0.3) is 0 Å². The summed E-state index contributed by atoms with van der Waals surface area (Å²) in [7, 11) is 1.52. The molecule has 1 saturated heterocycles. The summed E-state index contributed by atoms with van der Waals surface area (Å²) in [6.07, 6.45) is 0. The Morgan fingerprint density at radius 1 is 1.22 bits per heavy atom. The number of hydrogen-bond acceptors (Lipinski definition) is 4. The smallest absolute Gasteiger partial charge is 0.248 e. The molecule has 0 saturated carbocycles. The minimum atomic E-state index is 0.0174. The van der Waals surface area contributed by atoms with Gasteiger partial charge in [-0.3, -0.25) is 14.5 Å². The molecule has 0 radical (unpaired) electrons. The highest BCUT2D eigenvalue weighted by atomic mass is 16.5. The predicted molar refractivity (Wildman–Crippen MR) is 68.2 cm³/mol. The van der Waals surface area contributed by atoms with Gasteiger partial charge in [-0.05, 0) is 13.8 Å². The molecule has 1 aliphatic heterocycles. The Bertz CT molecular complexity index is 286. The summed E-state index contributed by atoms with van der Waals surface area (Å²) in [5.41, 5.74) is 0. The number of rotatable bonds is 5. The van der Waals surface area contributed by atoms with Crippen molar-refractivity contribution in [1.29, 1.82) is 0 Å². The molecule has 18 heavy (non-hydrogen) atoms. The molecule has 0 aliphatic carbocycles. The van der Waals surface area contributed by atoms with Gasteiger partial charge in [0.15, 0.2) is 0 Å². The highest BCUT2D eigenvalue weighted by Gasteiger charge is 2.22. The van der Waals surface area contributed by atoms with Gasteiger partial charge in [0.05, 0.1) is 6.54 Å². The third-order valence-electron chi connectivity index (χ3n) is 2.81. The van der Waals surface area contributed by atoms with Gasteiger partial charge >= 0.3 is 0 Å². The van der Waals surface area contributed by atoms with E-state index in [0.717, 1.165) is 13.1 Å². The van der Waals surface area contributed by atoms with E-state index in [-0.39, 0.29) is 24.5 Å². The summed E-state index contributed by atoms with van der Waals surface area (Å²) in [6, 6.07) is 0.169. The van der Waals surface area contributed by atoms with Crippen LogP contribution in [0.1, 0.15) is 13.8 Å². The standard InChI is InChI=1S/C12H23N3O3/c1-10(2)13-11(16)8-14-4-6-15(7-5-14)12(17)9-18-3/h10H,4-9H2,1-3H3,(H,13,16). The Labute approximate surface area is 108 Å². The molecular weight excluding hydrogens is 234 g/mol. The van der Waals surface area contributed by atoms with Crippen molar-refractivity contribution < 1.29 is 14.3 Å². The van der Waals surface area contributed by atoms with Crippen LogP contribution in [0.4, 0.5) is 0 Å². The van der Waals surface area contributed by atoms with Crippen LogP contribution in [0.15, 0.2) is 0 Å². The van der Waals surface area contributed by atoms with Crippen LogP contribution in [0.2, 0.25) is 0 Å². The van der Waals surface area contributed by atoms with Gasteiger partial charge in [0, 0.05) is 39.3 Å². The molecule has 2 amide bonds. The summed E-state index contributed by atoms with van der Waals surface area (Å²) >= 11 is 0. The van der Waals surface area contributed by atoms with E-state index in [1.807, 2.05) is 13.8 Å². The largest absolute Gasteiger partial charge is 0.375 e. The quantitative estimate of drug-likeness (QED) is 0.707. The predicted octanol–water partition coefficient (Wildman–Crippen LogP) is -0.698. The van der Waals surface area contributed by atoms with Crippen molar-refractivity contribution in [3.05, 3.63) is 0 Å². The number of ether oxygens (including phenoxy) is 1. The Morgan fingerprint density at radius 2 is 1.83 bits per heavy atom. The van der Waals surface area contributed by atoms with Crippen LogP contribution >= 0.6 is 0 Å². The van der Waals surface area contributed by atoms with Crippen molar-refractivity contribution in [2.45, 2.75) is 19.9 Å². The molecule has 0 aromatic carbocycles. The molecule has 6 heteroatoms. The number of carbonyl (C=O) groups excluding carboxylic acids is 2. The number of methoxy groups -OCH3 is 1. The lowest BCUT2D eigenvalue weighted by molar-refractivity contribution is -0.137. The second-order valence-electron chi connectivity index (χ2n) is 4.81. The fourth-order valence-electron chi connectivity index (χ4n) is 1.94. The molecule has 1 N–H and O–H groups in total. The van der Waals surface area contributed by atoms with E-state index in [1.54, 1.807) is 4.90 Å². The zero-order valence-electron chi connectivity index (χ0n) is 11.4. The lowest BCUT2D eigenvalue weighted by Crippen LogP contribution is -2.52. The first-order valence-corrected chi connectivity index (χ1v) is 6.31. The molecule has 0 bridgehead atoms.